The molecule has 2 bridgehead atoms. The Balaban J connectivity index is 1.21. The van der Waals surface area contributed by atoms with Crippen LogP contribution in [0.2, 0.25) is 0 Å². The molecular weight excluding hydrogens is 660 g/mol. The van der Waals surface area contributed by atoms with Gasteiger partial charge in [-0.1, -0.05) is 18.2 Å². The second-order valence-corrected chi connectivity index (χ2v) is 13.9. The molecule has 1 aromatic carbocycles. The Hall–Kier alpha value is -4.29. The third kappa shape index (κ3) is 6.12. The number of carbonyl (C=O) groups excluding carboxylic acids is 3. The number of piperidine rings is 1. The Morgan fingerprint density at radius 1 is 1.09 bits per heavy atom. The zero-order chi connectivity index (χ0) is 32.9. The van der Waals surface area contributed by atoms with E-state index in [1.54, 1.807) is 22.0 Å². The van der Waals surface area contributed by atoms with Crippen molar-refractivity contribution in [3.63, 3.8) is 0 Å². The highest BCUT2D eigenvalue weighted by Crippen LogP contribution is 2.60. The van der Waals surface area contributed by atoms with Gasteiger partial charge in [-0.3, -0.25) is 19.1 Å². The fourth-order valence-electron chi connectivity index (χ4n) is 7.28. The van der Waals surface area contributed by atoms with Crippen LogP contribution in [0.25, 0.3) is 28.1 Å². The number of likely N-dealkylation sites (tertiary alicyclic amines) is 1. The molecule has 4 aromatic rings. The molecular formula is C35H37BrN8O3. The average molecular weight is 698 g/mol. The molecule has 1 spiro atoms. The third-order valence-electron chi connectivity index (χ3n) is 9.67. The summed E-state index contributed by atoms with van der Waals surface area (Å²) in [6.07, 6.45) is 12.1. The first-order valence-corrected chi connectivity index (χ1v) is 16.9. The van der Waals surface area contributed by atoms with Crippen molar-refractivity contribution >= 4 is 56.3 Å². The number of hydrogen-bond acceptors (Lipinski definition) is 8. The number of allylic oxidation sites excluding steroid dienone is 1. The molecule has 2 aliphatic heterocycles. The standard InChI is InChI=1S/C35H37BrN8O3/c1-21(45)32-26-14-24(25-17-37-22(2)38-18-25)9-11-27(26)43(41-32)19-31(46)44-28-15-35(16-29(35)44)20-42(3)13-7-5-4-6-8-23-10-12-30(36)39-33(23)40-34(28)47/h6,8-12,14,17-18,28-29H,4-5,7,13,15-16,19-20H2,1-3H3,(H,39,40,47)/t28-,29+,35-/m0/s1. The number of pyridine rings is 1. The van der Waals surface area contributed by atoms with Gasteiger partial charge in [-0.25, -0.2) is 15.0 Å². The van der Waals surface area contributed by atoms with Crippen LogP contribution in [0.3, 0.4) is 0 Å². The lowest BCUT2D eigenvalue weighted by Gasteiger charge is -2.27. The smallest absolute Gasteiger partial charge is 0.248 e. The van der Waals surface area contributed by atoms with Gasteiger partial charge in [-0.05, 0) is 98.4 Å². The molecule has 47 heavy (non-hydrogen) atoms. The van der Waals surface area contributed by atoms with Gasteiger partial charge in [-0.2, -0.15) is 5.10 Å². The SMILES string of the molecule is CC(=O)c1nn(CC(=O)N2[C@H]3C[C@]4(C[C@@H]24)CN(C)CCCCC=Cc2ccc(Br)nc2NC3=O)c2ccc(-c3cnc(C)nc3)cc12. The summed E-state index contributed by atoms with van der Waals surface area (Å²) < 4.78 is 2.21. The van der Waals surface area contributed by atoms with Crippen LogP contribution < -0.4 is 5.32 Å². The van der Waals surface area contributed by atoms with E-state index in [1.165, 1.54) is 6.92 Å². The monoisotopic (exact) mass is 696 g/mol. The van der Waals surface area contributed by atoms with E-state index < -0.39 is 6.04 Å². The number of halogens is 1. The van der Waals surface area contributed by atoms with Crippen LogP contribution in [-0.2, 0) is 16.1 Å². The number of benzene rings is 1. The first-order valence-electron chi connectivity index (χ1n) is 16.1. The normalized spacial score (nSPS) is 23.1. The van der Waals surface area contributed by atoms with Crippen molar-refractivity contribution < 1.29 is 14.4 Å². The van der Waals surface area contributed by atoms with Gasteiger partial charge < -0.3 is 15.1 Å². The molecule has 2 amide bonds. The van der Waals surface area contributed by atoms with Crippen molar-refractivity contribution in [2.75, 3.05) is 25.5 Å². The maximum Gasteiger partial charge on any atom is 0.248 e. The molecule has 5 heterocycles. The van der Waals surface area contributed by atoms with Gasteiger partial charge in [0, 0.05) is 53.8 Å². The number of fused-ring (bicyclic) bond motifs is 3. The lowest BCUT2D eigenvalue weighted by Crippen LogP contribution is -2.47. The van der Waals surface area contributed by atoms with Gasteiger partial charge in [-0.15, -0.1) is 0 Å². The number of Topliss-reactive ketones (excluding diaryl/α,β-unsaturated/α-hetero) is 1. The Bertz CT molecular complexity index is 1920. The number of aromatic nitrogens is 5. The molecule has 0 radical (unpaired) electrons. The Labute approximate surface area is 281 Å². The average Bonchev–Trinajstić information content (AvgIpc) is 3.44. The van der Waals surface area contributed by atoms with Gasteiger partial charge in [0.25, 0.3) is 0 Å². The number of carbonyl (C=O) groups is 3. The summed E-state index contributed by atoms with van der Waals surface area (Å²) in [4.78, 5) is 58.3. The number of ketones is 1. The van der Waals surface area contributed by atoms with Crippen LogP contribution in [0.5, 0.6) is 0 Å². The highest BCUT2D eigenvalue weighted by atomic mass is 79.9. The summed E-state index contributed by atoms with van der Waals surface area (Å²) in [6, 6.07) is 8.78. The minimum absolute atomic E-state index is 0.0433. The second kappa shape index (κ2) is 12.4. The number of amides is 2. The summed E-state index contributed by atoms with van der Waals surface area (Å²) in [5.41, 5.74) is 3.32. The Morgan fingerprint density at radius 3 is 2.68 bits per heavy atom. The van der Waals surface area contributed by atoms with Gasteiger partial charge in [0.2, 0.25) is 11.8 Å². The van der Waals surface area contributed by atoms with Crippen molar-refractivity contribution in [3.05, 3.63) is 70.5 Å². The zero-order valence-corrected chi connectivity index (χ0v) is 28.3. The van der Waals surface area contributed by atoms with Crippen molar-refractivity contribution in [1.82, 2.24) is 34.5 Å². The molecule has 0 unspecified atom stereocenters. The molecule has 11 nitrogen and oxygen atoms in total. The van der Waals surface area contributed by atoms with Crippen molar-refractivity contribution in [1.29, 1.82) is 0 Å². The lowest BCUT2D eigenvalue weighted by molar-refractivity contribution is -0.138. The molecule has 3 atom stereocenters. The van der Waals surface area contributed by atoms with E-state index in [-0.39, 0.29) is 35.6 Å². The van der Waals surface area contributed by atoms with E-state index in [0.29, 0.717) is 39.3 Å². The molecule has 1 aliphatic carbocycles. The van der Waals surface area contributed by atoms with Crippen molar-refractivity contribution in [2.45, 2.75) is 64.6 Å². The number of rotatable bonds is 4. The van der Waals surface area contributed by atoms with Crippen LogP contribution in [0.1, 0.15) is 60.9 Å². The zero-order valence-electron chi connectivity index (χ0n) is 26.7. The maximum atomic E-state index is 14.3. The number of hydrogen-bond donors (Lipinski definition) is 1. The summed E-state index contributed by atoms with van der Waals surface area (Å²) in [5.74, 6) is 0.498. The van der Waals surface area contributed by atoms with Crippen molar-refractivity contribution in [3.8, 4) is 11.1 Å². The van der Waals surface area contributed by atoms with E-state index in [9.17, 15) is 14.4 Å². The van der Waals surface area contributed by atoms with E-state index in [0.717, 1.165) is 55.5 Å². The first kappa shape index (κ1) is 31.3. The topological polar surface area (TPSA) is 126 Å². The maximum absolute atomic E-state index is 14.3. The fraction of sp³-hybridized carbons (Fsp3) is 0.400. The van der Waals surface area contributed by atoms with Crippen LogP contribution in [0.4, 0.5) is 5.82 Å². The molecule has 3 aromatic heterocycles. The molecule has 1 saturated carbocycles. The second-order valence-electron chi connectivity index (χ2n) is 13.1. The van der Waals surface area contributed by atoms with E-state index in [4.69, 9.17) is 0 Å². The van der Waals surface area contributed by atoms with Gasteiger partial charge >= 0.3 is 0 Å². The number of nitrogens with one attached hydrogen (secondary N) is 1. The third-order valence-corrected chi connectivity index (χ3v) is 10.1. The number of nitrogens with zero attached hydrogens (tertiary/aromatic N) is 7. The number of aryl methyl sites for hydroxylation is 1. The lowest BCUT2D eigenvalue weighted by atomic mass is 9.98. The Morgan fingerprint density at radius 2 is 1.89 bits per heavy atom. The molecule has 242 valence electrons. The molecule has 2 fully saturated rings. The van der Waals surface area contributed by atoms with E-state index >= 15 is 0 Å². The quantitative estimate of drug-likeness (QED) is 0.225. The minimum Gasteiger partial charge on any atom is -0.325 e. The van der Waals surface area contributed by atoms with Crippen LogP contribution in [0.15, 0.2) is 53.4 Å². The molecule has 7 rings (SSSR count). The fourth-order valence-corrected chi connectivity index (χ4v) is 7.59. The Kier molecular flexibility index (Phi) is 8.25. The minimum atomic E-state index is -0.653. The molecule has 1 saturated heterocycles. The highest BCUT2D eigenvalue weighted by Gasteiger charge is 2.67. The predicted octanol–water partition coefficient (Wildman–Crippen LogP) is 5.29. The summed E-state index contributed by atoms with van der Waals surface area (Å²) in [7, 11) is 2.13. The number of anilines is 1. The van der Waals surface area contributed by atoms with Crippen LogP contribution in [-0.4, -0.2) is 84.4 Å². The van der Waals surface area contributed by atoms with Crippen molar-refractivity contribution in [2.24, 2.45) is 5.41 Å². The predicted molar refractivity (Wildman–Crippen MR) is 183 cm³/mol. The molecule has 3 aliphatic rings. The van der Waals surface area contributed by atoms with Crippen LogP contribution >= 0.6 is 15.9 Å². The van der Waals surface area contributed by atoms with E-state index in [1.807, 2.05) is 43.3 Å². The summed E-state index contributed by atoms with van der Waals surface area (Å²) >= 11 is 3.44. The van der Waals surface area contributed by atoms with Gasteiger partial charge in [0.15, 0.2) is 5.78 Å². The van der Waals surface area contributed by atoms with Crippen LogP contribution in [0, 0.1) is 12.3 Å². The first-order chi connectivity index (χ1) is 22.6. The largest absolute Gasteiger partial charge is 0.325 e. The molecule has 1 N–H and O–H groups in total. The van der Waals surface area contributed by atoms with Gasteiger partial charge in [0.1, 0.15) is 34.5 Å². The highest BCUT2D eigenvalue weighted by molar-refractivity contribution is 9.10. The van der Waals surface area contributed by atoms with Gasteiger partial charge in [0.05, 0.1) is 5.52 Å². The molecule has 12 heteroatoms. The summed E-state index contributed by atoms with van der Waals surface area (Å²) in [6.45, 7) is 5.00. The van der Waals surface area contributed by atoms with E-state index in [2.05, 4.69) is 59.3 Å². The summed E-state index contributed by atoms with van der Waals surface area (Å²) in [5, 5.41) is 8.33.